The molecule has 0 bridgehead atoms. The van der Waals surface area contributed by atoms with E-state index in [-0.39, 0.29) is 96.8 Å². The second-order valence-corrected chi connectivity index (χ2v) is 19.6. The summed E-state index contributed by atoms with van der Waals surface area (Å²) in [6.45, 7) is 6.39. The number of rotatable bonds is 23. The van der Waals surface area contributed by atoms with Crippen molar-refractivity contribution < 1.29 is 56.3 Å². The van der Waals surface area contributed by atoms with Gasteiger partial charge in [-0.1, -0.05) is 60.7 Å². The maximum atomic E-state index is 12.9. The molecule has 4 atom stereocenters. The molecule has 22 nitrogen and oxygen atoms in total. The van der Waals surface area contributed by atoms with Crippen LogP contribution in [0.2, 0.25) is 0 Å². The van der Waals surface area contributed by atoms with Gasteiger partial charge in [0, 0.05) is 50.4 Å². The molecule has 0 aliphatic rings. The van der Waals surface area contributed by atoms with Gasteiger partial charge in [-0.15, -0.1) is 0 Å². The number of nitrogens with zero attached hydrogens (tertiary/aromatic N) is 8. The molecule has 0 aliphatic carbocycles. The highest BCUT2D eigenvalue weighted by molar-refractivity contribution is 7.86. The normalized spacial score (nSPS) is 13.6. The summed E-state index contributed by atoms with van der Waals surface area (Å²) in [7, 11) is -9.87. The van der Waals surface area contributed by atoms with Crippen molar-refractivity contribution in [1.82, 2.24) is 29.9 Å². The Hall–Kier alpha value is -7.03. The van der Waals surface area contributed by atoms with E-state index in [2.05, 4.69) is 40.5 Å². The number of aliphatic hydroxyl groups is 4. The van der Waals surface area contributed by atoms with Crippen molar-refractivity contribution in [3.63, 3.8) is 0 Å². The molecule has 71 heavy (non-hydrogen) atoms. The van der Waals surface area contributed by atoms with Crippen LogP contribution in [0.3, 0.4) is 0 Å². The molecule has 2 heterocycles. The third kappa shape index (κ3) is 15.7. The smallest absolute Gasteiger partial charge is 0.335 e. The van der Waals surface area contributed by atoms with Gasteiger partial charge in [0.25, 0.3) is 20.2 Å². The summed E-state index contributed by atoms with van der Waals surface area (Å²) in [6.07, 6.45) is -0.897. The minimum Gasteiger partial charge on any atom is -0.478 e. The fourth-order valence-corrected chi connectivity index (χ4v) is 8.68. The minimum atomic E-state index is -4.96. The Morgan fingerprint density at radius 3 is 1.42 bits per heavy atom. The number of aliphatic hydroxyl groups excluding tert-OH is 4. The zero-order valence-electron chi connectivity index (χ0n) is 38.9. The number of para-hydroxylation sites is 1. The monoisotopic (exact) mass is 1010 g/mol. The standard InChI is InChI=1S/C47H54N10O12S2/c1-28(58)24-56(25-29(2)59)46-52-41(21-32-10-14-36(15-11-32)43(62)63)50-45(55-46)49-38-19-18-35(40(23-38)71(67,68)69)17-16-34-13-12-33(20-39(34)70(64,65)66)22-42-51-44(48-37-8-6-5-7-9-37)54-47(53-42)57(26-30(3)60)27-31(4)61/h5-20,23,28-31,58-61H,21-22,24-27H2,1-4H3,(H,62,63)(H,64,65,66)(H,67,68,69)(H,48,51,53,54)(H,49,50,52,55)/b17-16+. The molecule has 9 N–H and O–H groups in total. The van der Waals surface area contributed by atoms with Crippen LogP contribution in [0.15, 0.2) is 101 Å². The maximum absolute atomic E-state index is 12.9. The molecule has 0 saturated carbocycles. The third-order valence-corrected chi connectivity index (χ3v) is 12.0. The Kier molecular flexibility index (Phi) is 17.5. The van der Waals surface area contributed by atoms with Gasteiger partial charge in [-0.3, -0.25) is 9.11 Å². The Bertz CT molecular complexity index is 3050. The molecule has 0 amide bonds. The maximum Gasteiger partial charge on any atom is 0.335 e. The highest BCUT2D eigenvalue weighted by Crippen LogP contribution is 2.28. The number of anilines is 6. The van der Waals surface area contributed by atoms with Crippen LogP contribution < -0.4 is 20.4 Å². The summed E-state index contributed by atoms with van der Waals surface area (Å²) in [5.74, 6) is -0.552. The summed E-state index contributed by atoms with van der Waals surface area (Å²) < 4.78 is 72.3. The van der Waals surface area contributed by atoms with Crippen LogP contribution in [0.25, 0.3) is 12.2 Å². The van der Waals surface area contributed by atoms with Gasteiger partial charge in [0.05, 0.1) is 30.0 Å². The van der Waals surface area contributed by atoms with E-state index in [1.54, 1.807) is 61.2 Å². The molecule has 0 radical (unpaired) electrons. The third-order valence-electron chi connectivity index (χ3n) is 10.1. The van der Waals surface area contributed by atoms with Crippen LogP contribution in [0.4, 0.5) is 35.2 Å². The zero-order chi connectivity index (χ0) is 51.6. The lowest BCUT2D eigenvalue weighted by atomic mass is 10.1. The Morgan fingerprint density at radius 1 is 0.549 bits per heavy atom. The molecule has 376 valence electrons. The number of carboxylic acids is 1. The van der Waals surface area contributed by atoms with Crippen molar-refractivity contribution in [2.24, 2.45) is 0 Å². The van der Waals surface area contributed by atoms with E-state index in [9.17, 15) is 56.3 Å². The van der Waals surface area contributed by atoms with Gasteiger partial charge >= 0.3 is 5.97 Å². The van der Waals surface area contributed by atoms with Crippen molar-refractivity contribution in [2.45, 2.75) is 74.7 Å². The lowest BCUT2D eigenvalue weighted by Gasteiger charge is -2.26. The summed E-state index contributed by atoms with van der Waals surface area (Å²) >= 11 is 0. The van der Waals surface area contributed by atoms with E-state index in [0.29, 0.717) is 16.8 Å². The first-order valence-corrected chi connectivity index (χ1v) is 24.9. The number of hydrogen-bond donors (Lipinski definition) is 9. The first-order chi connectivity index (χ1) is 33.5. The van der Waals surface area contributed by atoms with Crippen molar-refractivity contribution in [1.29, 1.82) is 0 Å². The molecule has 6 rings (SSSR count). The summed E-state index contributed by atoms with van der Waals surface area (Å²) in [4.78, 5) is 40.5. The molecule has 4 unspecified atom stereocenters. The van der Waals surface area contributed by atoms with Gasteiger partial charge in [0.1, 0.15) is 21.4 Å². The molecule has 0 saturated heterocycles. The van der Waals surface area contributed by atoms with Gasteiger partial charge in [-0.2, -0.15) is 46.7 Å². The fourth-order valence-electron chi connectivity index (χ4n) is 7.23. The number of aromatic nitrogens is 6. The summed E-state index contributed by atoms with van der Waals surface area (Å²) in [6, 6.07) is 23.0. The Balaban J connectivity index is 1.33. The van der Waals surface area contributed by atoms with Crippen molar-refractivity contribution in [2.75, 3.05) is 46.6 Å². The topological polar surface area (TPSA) is 335 Å². The molecule has 0 spiro atoms. The van der Waals surface area contributed by atoms with Gasteiger partial charge in [-0.25, -0.2) is 4.79 Å². The first kappa shape index (κ1) is 53.3. The SMILES string of the molecule is CC(O)CN(CC(C)O)c1nc(Cc2ccc(/C=C/c3ccc(Nc4nc(Cc5ccc(C(=O)O)cc5)nc(N(CC(C)O)CC(C)O)n4)cc3S(=O)(=O)O)c(S(=O)(=O)O)c2)nc(Nc2ccccc2)n1. The molecule has 4 aromatic carbocycles. The van der Waals surface area contributed by atoms with Crippen molar-refractivity contribution in [3.8, 4) is 0 Å². The lowest BCUT2D eigenvalue weighted by Crippen LogP contribution is -2.38. The highest BCUT2D eigenvalue weighted by atomic mass is 32.2. The number of hydrogen-bond acceptors (Lipinski definition) is 19. The van der Waals surface area contributed by atoms with Crippen LogP contribution in [0.1, 0.15) is 72.0 Å². The van der Waals surface area contributed by atoms with Crippen LogP contribution in [0.5, 0.6) is 0 Å². The second-order valence-electron chi connectivity index (χ2n) is 16.8. The highest BCUT2D eigenvalue weighted by Gasteiger charge is 2.23. The van der Waals surface area contributed by atoms with Gasteiger partial charge < -0.3 is 46.0 Å². The van der Waals surface area contributed by atoms with Crippen molar-refractivity contribution in [3.05, 3.63) is 130 Å². The molecule has 2 aromatic heterocycles. The molecule has 0 aliphatic heterocycles. The molecule has 24 heteroatoms. The van der Waals surface area contributed by atoms with Crippen LogP contribution in [-0.2, 0) is 33.1 Å². The largest absolute Gasteiger partial charge is 0.478 e. The van der Waals surface area contributed by atoms with E-state index >= 15 is 0 Å². The molecule has 6 aromatic rings. The quantitative estimate of drug-likeness (QED) is 0.0320. The van der Waals surface area contributed by atoms with E-state index in [0.717, 1.165) is 6.07 Å². The summed E-state index contributed by atoms with van der Waals surface area (Å²) in [5.41, 5.74) is 1.64. The van der Waals surface area contributed by atoms with E-state index < -0.39 is 60.4 Å². The second kappa shape index (κ2) is 23.3. The average molecular weight is 1020 g/mol. The Labute approximate surface area is 410 Å². The van der Waals surface area contributed by atoms with Gasteiger partial charge in [0.2, 0.25) is 23.8 Å². The predicted octanol–water partition coefficient (Wildman–Crippen LogP) is 4.22. The first-order valence-electron chi connectivity index (χ1n) is 22.0. The molecular formula is C47H54N10O12S2. The number of carbonyl (C=O) groups is 1. The van der Waals surface area contributed by atoms with Crippen LogP contribution in [0, 0.1) is 0 Å². The summed E-state index contributed by atoms with van der Waals surface area (Å²) in [5, 5.41) is 56.3. The number of carboxylic acid groups (broad SMARTS) is 1. The number of aromatic carboxylic acids is 1. The van der Waals surface area contributed by atoms with Crippen molar-refractivity contribution >= 4 is 73.5 Å². The van der Waals surface area contributed by atoms with E-state index in [1.807, 2.05) is 6.07 Å². The van der Waals surface area contributed by atoms with Crippen LogP contribution >= 0.6 is 0 Å². The predicted molar refractivity (Wildman–Crippen MR) is 264 cm³/mol. The number of nitrogens with one attached hydrogen (secondary N) is 2. The molecule has 0 fully saturated rings. The van der Waals surface area contributed by atoms with Gasteiger partial charge in [-0.05, 0) is 92.4 Å². The lowest BCUT2D eigenvalue weighted by molar-refractivity contribution is 0.0696. The zero-order valence-corrected chi connectivity index (χ0v) is 40.6. The molecular weight excluding hydrogens is 961 g/mol. The minimum absolute atomic E-state index is 0.0147. The van der Waals surface area contributed by atoms with Crippen LogP contribution in [-0.4, -0.2) is 138 Å². The fraction of sp³-hybridized carbons (Fsp3) is 0.298. The van der Waals surface area contributed by atoms with Gasteiger partial charge in [0.15, 0.2) is 0 Å². The van der Waals surface area contributed by atoms with E-state index in [4.69, 9.17) is 0 Å². The average Bonchev–Trinajstić information content (AvgIpc) is 3.27. The Morgan fingerprint density at radius 2 is 0.972 bits per heavy atom. The number of benzene rings is 4. The van der Waals surface area contributed by atoms with E-state index in [1.165, 1.54) is 67.3 Å².